The van der Waals surface area contributed by atoms with E-state index in [1.54, 1.807) is 0 Å². The number of carbonyl (C=O) groups excluding carboxylic acids is 9. The van der Waals surface area contributed by atoms with Crippen LogP contribution in [0.3, 0.4) is 0 Å². The van der Waals surface area contributed by atoms with E-state index in [9.17, 15) is 63.5 Å². The number of ether oxygens (including phenoxy) is 11. The van der Waals surface area contributed by atoms with Gasteiger partial charge in [-0.05, 0) is 25.0 Å². The zero-order valence-corrected chi connectivity index (χ0v) is 40.7. The monoisotopic (exact) mass is 1030 g/mol. The number of unbranched alkanes of at least 4 members (excludes halogenated alkanes) is 1. The van der Waals surface area contributed by atoms with Gasteiger partial charge in [-0.1, -0.05) is 0 Å². The van der Waals surface area contributed by atoms with Crippen LogP contribution in [0.4, 0.5) is 5.69 Å². The quantitative estimate of drug-likeness (QED) is 0.0171. The first-order chi connectivity index (χ1) is 34.0. The minimum atomic E-state index is -2.70. The highest BCUT2D eigenvalue weighted by atomic mass is 16.8. The Morgan fingerprint density at radius 1 is 0.819 bits per heavy atom. The van der Waals surface area contributed by atoms with Crippen molar-refractivity contribution in [3.05, 3.63) is 34.4 Å². The summed E-state index contributed by atoms with van der Waals surface area (Å²) >= 11 is 0. The van der Waals surface area contributed by atoms with Crippen LogP contribution in [0.15, 0.2) is 24.3 Å². The molecule has 5 N–H and O–H groups in total. The summed E-state index contributed by atoms with van der Waals surface area (Å²) in [6, 6.07) is 2.13. The number of esters is 6. The first kappa shape index (κ1) is 59.9. The van der Waals surface area contributed by atoms with E-state index in [4.69, 9.17) is 52.1 Å². The number of hydrogen-bond donors (Lipinski definition) is 5. The number of nitro groups is 1. The number of nitro benzene ring substituents is 1. The molecule has 28 heteroatoms. The summed E-state index contributed by atoms with van der Waals surface area (Å²) in [5, 5.41) is 40.9. The molecule has 2 saturated heterocycles. The van der Waals surface area contributed by atoms with Gasteiger partial charge in [0.25, 0.3) is 11.5 Å². The lowest BCUT2D eigenvalue weighted by atomic mass is 9.87. The number of methoxy groups -OCH3 is 1. The van der Waals surface area contributed by atoms with Crippen LogP contribution >= 0.6 is 0 Å². The number of aliphatic hydroxyl groups is 2. The van der Waals surface area contributed by atoms with Gasteiger partial charge in [-0.25, -0.2) is 4.79 Å². The van der Waals surface area contributed by atoms with Gasteiger partial charge in [-0.2, -0.15) is 0 Å². The Hall–Kier alpha value is -6.43. The molecule has 3 rings (SSSR count). The van der Waals surface area contributed by atoms with E-state index in [0.717, 1.165) is 48.7 Å². The number of aliphatic hydroxyl groups excluding tert-OH is 2. The number of nitrogens with zero attached hydrogens (tertiary/aromatic N) is 1. The van der Waals surface area contributed by atoms with Gasteiger partial charge in [0.2, 0.25) is 17.7 Å². The van der Waals surface area contributed by atoms with Crippen LogP contribution in [0.2, 0.25) is 0 Å². The molecule has 402 valence electrons. The van der Waals surface area contributed by atoms with E-state index in [1.165, 1.54) is 24.3 Å². The van der Waals surface area contributed by atoms with Crippen molar-refractivity contribution in [3.8, 4) is 5.75 Å². The fraction of sp³-hybridized carbons (Fsp3) is 0.659. The number of rotatable bonds is 27. The molecule has 2 aliphatic rings. The van der Waals surface area contributed by atoms with Crippen molar-refractivity contribution < 1.29 is 110 Å². The zero-order chi connectivity index (χ0) is 53.7. The maximum absolute atomic E-state index is 13.8. The first-order valence-corrected chi connectivity index (χ1v) is 22.5. The number of nitrogens with one attached hydrogen (secondary N) is 3. The summed E-state index contributed by atoms with van der Waals surface area (Å²) in [5.74, 6) is -9.88. The summed E-state index contributed by atoms with van der Waals surface area (Å²) in [4.78, 5) is 123. The molecule has 0 radical (unpaired) electrons. The summed E-state index contributed by atoms with van der Waals surface area (Å²) in [6.07, 6.45) is -13.7. The molecule has 2 aliphatic heterocycles. The number of hydrogen-bond acceptors (Lipinski definition) is 24. The van der Waals surface area contributed by atoms with Gasteiger partial charge >= 0.3 is 35.8 Å². The van der Waals surface area contributed by atoms with Crippen LogP contribution in [-0.4, -0.2) is 182 Å². The van der Waals surface area contributed by atoms with Crippen molar-refractivity contribution >= 4 is 59.2 Å². The molecule has 2 fully saturated rings. The van der Waals surface area contributed by atoms with Crippen molar-refractivity contribution in [3.63, 3.8) is 0 Å². The van der Waals surface area contributed by atoms with Gasteiger partial charge in [0, 0.05) is 73.1 Å². The van der Waals surface area contributed by atoms with Crippen LogP contribution in [0, 0.1) is 10.1 Å². The van der Waals surface area contributed by atoms with Crippen LogP contribution < -0.4 is 20.7 Å². The molecule has 2 heterocycles. The zero-order valence-electron chi connectivity index (χ0n) is 40.7. The Balaban J connectivity index is 1.71. The number of amides is 3. The third-order valence-corrected chi connectivity index (χ3v) is 10.4. The molecule has 1 aromatic rings. The lowest BCUT2D eigenvalue weighted by Gasteiger charge is -2.49. The van der Waals surface area contributed by atoms with Crippen molar-refractivity contribution in [1.82, 2.24) is 16.0 Å². The second-order valence-corrected chi connectivity index (χ2v) is 16.3. The van der Waals surface area contributed by atoms with Crippen molar-refractivity contribution in [2.45, 2.75) is 141 Å². The third-order valence-electron chi connectivity index (χ3n) is 10.4. The Labute approximate surface area is 412 Å². The molecule has 0 aromatic heterocycles. The SMILES string of the molecule is COC(=O)[C@@]1(OC[C@H]2O[C@H](OCCOCCNC(=O)CCCCC(=O)Oc3ccc([N+](=O)[O-])cc3)[C@H](NC(C)=O)[C@@H](O)[C@H]2O)C[C@H](OC(C)=O)[C@@H](NC(C)=O)[C@H]([C@H](OC(C)=O)[C@@H](COC(C)=O)OC(C)=O)O1. The Bertz CT molecular complexity index is 2060. The molecule has 0 saturated carbocycles. The van der Waals surface area contributed by atoms with Crippen molar-refractivity contribution in [2.24, 2.45) is 0 Å². The lowest BCUT2D eigenvalue weighted by molar-refractivity contribution is -0.384. The van der Waals surface area contributed by atoms with Crippen LogP contribution in [0.25, 0.3) is 0 Å². The Kier molecular flexibility index (Phi) is 24.3. The predicted octanol–water partition coefficient (Wildman–Crippen LogP) is -1.30. The molecule has 3 amide bonds. The number of carbonyl (C=O) groups is 9. The second-order valence-electron chi connectivity index (χ2n) is 16.3. The van der Waals surface area contributed by atoms with Crippen LogP contribution in [0.1, 0.15) is 73.6 Å². The molecule has 0 spiro atoms. The number of benzene rings is 1. The number of non-ortho nitro benzene ring substituents is 1. The molecular weight excluding hydrogens is 968 g/mol. The van der Waals surface area contributed by atoms with E-state index >= 15 is 0 Å². The summed E-state index contributed by atoms with van der Waals surface area (Å²) in [5.41, 5.74) is -0.153. The molecule has 11 atom stereocenters. The summed E-state index contributed by atoms with van der Waals surface area (Å²) in [7, 11) is 0.936. The highest BCUT2D eigenvalue weighted by Crippen LogP contribution is 2.38. The van der Waals surface area contributed by atoms with Crippen molar-refractivity contribution in [1.29, 1.82) is 0 Å². The second kappa shape index (κ2) is 29.2. The largest absolute Gasteiger partial charge is 0.465 e. The molecule has 0 bridgehead atoms. The third kappa shape index (κ3) is 19.3. The minimum absolute atomic E-state index is 0.00848. The maximum Gasteiger partial charge on any atom is 0.366 e. The molecule has 1 aromatic carbocycles. The average Bonchev–Trinajstić information content (AvgIpc) is 3.29. The molecule has 0 aliphatic carbocycles. The minimum Gasteiger partial charge on any atom is -0.465 e. The van der Waals surface area contributed by atoms with E-state index in [-0.39, 0.29) is 56.6 Å². The fourth-order valence-corrected chi connectivity index (χ4v) is 7.41. The standard InChI is InChI=1S/C44H62N4O24/c1-23(49)46-36-31(67-26(4)52)20-44(43(59)62-7,72-41(36)40(69-28(6)54)33(68-27(5)53)21-65-25(3)51)66-22-32-38(57)39(58)37(47-24(2)50)42(71-32)64-19-18-63-17-16-45-34(55)10-8-9-11-35(56)70-30-14-12-29(13-15-30)48(60)61/h12-15,31-33,36-42,57-58H,8-11,16-22H2,1-7H3,(H,45,55)(H,46,49)(H,47,50)/t31-,32+,33+,36+,37+,38-,39+,40+,41+,42-,44+/m0/s1. The predicted molar refractivity (Wildman–Crippen MR) is 236 cm³/mol. The Morgan fingerprint density at radius 3 is 2.04 bits per heavy atom. The van der Waals surface area contributed by atoms with E-state index in [1.807, 2.05) is 0 Å². The lowest BCUT2D eigenvalue weighted by Crippen LogP contribution is -2.70. The topological polar surface area (TPSA) is 375 Å². The Morgan fingerprint density at radius 2 is 1.46 bits per heavy atom. The van der Waals surface area contributed by atoms with Crippen LogP contribution in [0.5, 0.6) is 5.75 Å². The van der Waals surface area contributed by atoms with E-state index < -0.39 is 139 Å². The smallest absolute Gasteiger partial charge is 0.366 e. The van der Waals surface area contributed by atoms with Gasteiger partial charge in [0.15, 0.2) is 18.5 Å². The van der Waals surface area contributed by atoms with Gasteiger partial charge < -0.3 is 78.3 Å². The van der Waals surface area contributed by atoms with Gasteiger partial charge in [0.05, 0.1) is 50.9 Å². The van der Waals surface area contributed by atoms with Gasteiger partial charge in [-0.15, -0.1) is 0 Å². The highest BCUT2D eigenvalue weighted by Gasteiger charge is 2.60. The average molecular weight is 1030 g/mol. The highest BCUT2D eigenvalue weighted by molar-refractivity contribution is 5.79. The van der Waals surface area contributed by atoms with Crippen LogP contribution in [-0.2, 0) is 90.5 Å². The summed E-state index contributed by atoms with van der Waals surface area (Å²) < 4.78 is 61.3. The molecule has 28 nitrogen and oxygen atoms in total. The van der Waals surface area contributed by atoms with E-state index in [2.05, 4.69) is 16.0 Å². The maximum atomic E-state index is 13.8. The summed E-state index contributed by atoms with van der Waals surface area (Å²) in [6.45, 7) is 4.38. The van der Waals surface area contributed by atoms with Crippen molar-refractivity contribution in [2.75, 3.05) is 46.7 Å². The fourth-order valence-electron chi connectivity index (χ4n) is 7.41. The first-order valence-electron chi connectivity index (χ1n) is 22.5. The van der Waals surface area contributed by atoms with Gasteiger partial charge in [0.1, 0.15) is 48.9 Å². The van der Waals surface area contributed by atoms with Gasteiger partial charge in [-0.3, -0.25) is 48.5 Å². The normalized spacial score (nSPS) is 24.5. The van der Waals surface area contributed by atoms with E-state index in [0.29, 0.717) is 12.8 Å². The molecule has 0 unspecified atom stereocenters. The molecule has 72 heavy (non-hydrogen) atoms. The molecular formula is C44H62N4O24.